The summed E-state index contributed by atoms with van der Waals surface area (Å²) in [6.07, 6.45) is 19.1. The second-order valence-electron chi connectivity index (χ2n) is 10.7. The zero-order valence-electron chi connectivity index (χ0n) is 25.4. The van der Waals surface area contributed by atoms with E-state index in [-0.39, 0.29) is 28.6 Å². The highest BCUT2D eigenvalue weighted by Gasteiger charge is 2.51. The minimum absolute atomic E-state index is 0.0617. The van der Waals surface area contributed by atoms with Gasteiger partial charge in [-0.15, -0.1) is 0 Å². The second kappa shape index (κ2) is 20.6. The van der Waals surface area contributed by atoms with Crippen LogP contribution in [0.4, 0.5) is 13.2 Å². The second-order valence-corrected chi connectivity index (χ2v) is 15.5. The van der Waals surface area contributed by atoms with Gasteiger partial charge in [-0.2, -0.15) is 21.6 Å². The molecule has 10 heteroatoms. The Morgan fingerprint density at radius 2 is 1.15 bits per heavy atom. The Morgan fingerprint density at radius 1 is 0.683 bits per heavy atom. The monoisotopic (exact) mass is 626 g/mol. The fourth-order valence-electron chi connectivity index (χ4n) is 5.02. The molecule has 0 spiro atoms. The lowest BCUT2D eigenvalue weighted by molar-refractivity contribution is -0.0496. The third kappa shape index (κ3) is 14.2. The smallest absolute Gasteiger partial charge is 0.462 e. The highest BCUT2D eigenvalue weighted by Crippen LogP contribution is 2.61. The fourth-order valence-corrected chi connectivity index (χ4v) is 10.4. The van der Waals surface area contributed by atoms with Gasteiger partial charge in [0, 0.05) is 16.4 Å². The Morgan fingerprint density at radius 3 is 1.59 bits per heavy atom. The normalized spacial score (nSPS) is 14.5. The van der Waals surface area contributed by atoms with Gasteiger partial charge in [0.15, 0.2) is 0 Å². The van der Waals surface area contributed by atoms with Crippen LogP contribution in [0.1, 0.15) is 140 Å². The van der Waals surface area contributed by atoms with Gasteiger partial charge in [-0.25, -0.2) is 8.42 Å². The topological polar surface area (TPSA) is 69.7 Å². The molecule has 0 fully saturated rings. The van der Waals surface area contributed by atoms with Crippen molar-refractivity contribution < 1.29 is 34.7 Å². The first-order valence-electron chi connectivity index (χ1n) is 15.6. The van der Waals surface area contributed by atoms with Crippen molar-refractivity contribution in [1.29, 1.82) is 0 Å². The summed E-state index contributed by atoms with van der Waals surface area (Å²) in [5.41, 5.74) is -5.49. The molecule has 1 aromatic rings. The first-order chi connectivity index (χ1) is 19.5. The highest BCUT2D eigenvalue weighted by molar-refractivity contribution is 8.33. The maximum absolute atomic E-state index is 13.4. The van der Waals surface area contributed by atoms with Gasteiger partial charge in [-0.05, 0) is 31.9 Å². The summed E-state index contributed by atoms with van der Waals surface area (Å²) in [6, 6.07) is 6.14. The lowest BCUT2D eigenvalue weighted by Gasteiger charge is -2.39. The van der Waals surface area contributed by atoms with E-state index in [4.69, 9.17) is 8.37 Å². The molecule has 1 aromatic carbocycles. The van der Waals surface area contributed by atoms with Crippen molar-refractivity contribution in [2.24, 2.45) is 0 Å². The van der Waals surface area contributed by atoms with E-state index in [0.717, 1.165) is 25.7 Å². The molecule has 5 nitrogen and oxygen atoms in total. The molecule has 0 amide bonds. The molecule has 0 radical (unpaired) electrons. The van der Waals surface area contributed by atoms with Gasteiger partial charge in [0.25, 0.3) is 0 Å². The molecule has 0 aliphatic heterocycles. The van der Waals surface area contributed by atoms with Gasteiger partial charge in [0.05, 0.1) is 12.2 Å². The van der Waals surface area contributed by atoms with Gasteiger partial charge >= 0.3 is 21.6 Å². The third-order valence-electron chi connectivity index (χ3n) is 7.15. The molecule has 0 bridgehead atoms. The first-order valence-corrected chi connectivity index (χ1v) is 18.9. The van der Waals surface area contributed by atoms with Gasteiger partial charge in [-0.3, -0.25) is 0 Å². The van der Waals surface area contributed by atoms with Gasteiger partial charge < -0.3 is 4.74 Å². The number of hydrogen-bond acceptors (Lipinski definition) is 5. The first kappa shape index (κ1) is 37.8. The summed E-state index contributed by atoms with van der Waals surface area (Å²) in [7, 11) is -8.86. The Labute approximate surface area is 249 Å². The summed E-state index contributed by atoms with van der Waals surface area (Å²) in [4.78, 5) is 12.9. The molecule has 0 aromatic heterocycles. The number of hydrogen-bond donors (Lipinski definition) is 0. The van der Waals surface area contributed by atoms with Crippen LogP contribution >= 0.6 is 10.3 Å². The number of unbranched alkanes of at least 4 members (excludes halogenated alkanes) is 15. The Hall–Kier alpha value is -1.26. The molecule has 0 aliphatic carbocycles. The number of carbonyl (C=O) groups excluding carboxylic acids is 1. The van der Waals surface area contributed by atoms with Gasteiger partial charge in [-0.1, -0.05) is 133 Å². The van der Waals surface area contributed by atoms with Crippen LogP contribution in [0.2, 0.25) is 0 Å². The van der Waals surface area contributed by atoms with Gasteiger partial charge in [0.2, 0.25) is 0 Å². The largest absolute Gasteiger partial charge is 0.523 e. The molecule has 1 unspecified atom stereocenters. The molecule has 0 saturated carbocycles. The maximum atomic E-state index is 13.4. The summed E-state index contributed by atoms with van der Waals surface area (Å²) in [5.74, 6) is -0.473. The van der Waals surface area contributed by atoms with Crippen molar-refractivity contribution in [3.8, 4) is 0 Å². The van der Waals surface area contributed by atoms with E-state index in [2.05, 4.69) is 6.92 Å². The Bertz CT molecular complexity index is 953. The van der Waals surface area contributed by atoms with Crippen LogP contribution < -0.4 is 0 Å². The predicted molar refractivity (Wildman–Crippen MR) is 164 cm³/mol. The lowest BCUT2D eigenvalue weighted by Crippen LogP contribution is -2.29. The fraction of sp³-hybridized carbons (Fsp3) is 0.774. The molecular formula is C31H53F3O5S2. The van der Waals surface area contributed by atoms with Crippen LogP contribution in [0.5, 0.6) is 0 Å². The van der Waals surface area contributed by atoms with Crippen LogP contribution in [-0.4, -0.2) is 38.0 Å². The number of esters is 1. The zero-order chi connectivity index (χ0) is 30.6. The van der Waals surface area contributed by atoms with E-state index in [1.165, 1.54) is 82.8 Å². The number of alkyl halides is 3. The summed E-state index contributed by atoms with van der Waals surface area (Å²) in [5, 5.41) is 0. The van der Waals surface area contributed by atoms with E-state index in [1.54, 1.807) is 26.0 Å². The van der Waals surface area contributed by atoms with Crippen molar-refractivity contribution in [2.45, 2.75) is 140 Å². The highest BCUT2D eigenvalue weighted by atomic mass is 32.3. The zero-order valence-corrected chi connectivity index (χ0v) is 27.1. The van der Waals surface area contributed by atoms with Crippen molar-refractivity contribution >= 4 is 26.4 Å². The molecule has 0 aliphatic rings. The molecule has 41 heavy (non-hydrogen) atoms. The van der Waals surface area contributed by atoms with Crippen molar-refractivity contribution in [3.63, 3.8) is 0 Å². The molecule has 240 valence electrons. The minimum atomic E-state index is -5.87. The van der Waals surface area contributed by atoms with Crippen LogP contribution in [0.3, 0.4) is 0 Å². The van der Waals surface area contributed by atoms with Crippen LogP contribution in [-0.2, 0) is 18.5 Å². The minimum Gasteiger partial charge on any atom is -0.462 e. The van der Waals surface area contributed by atoms with E-state index in [9.17, 15) is 26.4 Å². The van der Waals surface area contributed by atoms with Crippen molar-refractivity contribution in [2.75, 3.05) is 18.1 Å². The summed E-state index contributed by atoms with van der Waals surface area (Å²) >= 11 is 0. The SMILES string of the molecule is CCCCCCCCCCCCCCCCCCS(CCC)(OS(=O)(=O)C(F)(F)F)c1ccccc1C(=O)OCC. The molecule has 1 atom stereocenters. The van der Waals surface area contributed by atoms with E-state index in [0.29, 0.717) is 12.8 Å². The number of carbonyl (C=O) groups is 1. The molecule has 0 saturated heterocycles. The predicted octanol–water partition coefficient (Wildman–Crippen LogP) is 10.5. The van der Waals surface area contributed by atoms with Crippen molar-refractivity contribution in [3.05, 3.63) is 29.8 Å². The molecule has 0 N–H and O–H groups in total. The number of benzene rings is 1. The summed E-state index contributed by atoms with van der Waals surface area (Å²) < 4.78 is 75.1. The van der Waals surface area contributed by atoms with Crippen LogP contribution in [0.15, 0.2) is 29.2 Å². The summed E-state index contributed by atoms with van der Waals surface area (Å²) in [6.45, 7) is 5.73. The average molecular weight is 627 g/mol. The van der Waals surface area contributed by atoms with Crippen LogP contribution in [0.25, 0.3) is 0 Å². The molecule has 1 rings (SSSR count). The quantitative estimate of drug-likeness (QED) is 0.0649. The van der Waals surface area contributed by atoms with E-state index >= 15 is 0 Å². The van der Waals surface area contributed by atoms with Crippen molar-refractivity contribution in [1.82, 2.24) is 0 Å². The Kier molecular flexibility index (Phi) is 19.0. The standard InChI is InChI=1S/C31H53F3O5S2/c1-4-7-8-9-10-11-12-13-14-15-16-17-18-19-20-23-27-40(26-5-2,39-41(36,37)31(32,33)34)29-25-22-21-24-28(29)30(35)38-6-3/h21-22,24-25H,4-20,23,26-27H2,1-3H3. The number of ether oxygens (including phenoxy) is 1. The van der Waals surface area contributed by atoms with E-state index < -0.39 is 31.9 Å². The molecular weight excluding hydrogens is 573 g/mol. The number of rotatable bonds is 24. The third-order valence-corrected chi connectivity index (χ3v) is 12.6. The van der Waals surface area contributed by atoms with Crippen LogP contribution in [0, 0.1) is 0 Å². The maximum Gasteiger partial charge on any atom is 0.523 e. The Balaban J connectivity index is 2.68. The number of halogens is 3. The lowest BCUT2D eigenvalue weighted by atomic mass is 10.0. The van der Waals surface area contributed by atoms with E-state index in [1.807, 2.05) is 0 Å². The average Bonchev–Trinajstić information content (AvgIpc) is 2.92. The van der Waals surface area contributed by atoms with Gasteiger partial charge in [0.1, 0.15) is 0 Å². The molecule has 0 heterocycles.